The van der Waals surface area contributed by atoms with Gasteiger partial charge in [0.2, 0.25) is 0 Å². The molecule has 0 bridgehead atoms. The van der Waals surface area contributed by atoms with Crippen LogP contribution in [0.5, 0.6) is 0 Å². The lowest BCUT2D eigenvalue weighted by atomic mass is 10.4. The van der Waals surface area contributed by atoms with Crippen molar-refractivity contribution in [2.24, 2.45) is 0 Å². The molecular weight excluding hydrogens is 303 g/mol. The molecule has 0 aromatic rings. The SMILES string of the molecule is CCOC(=O)C1CSP(=O)(N[C@@H](C)C(=O)OC(C)C)N1. The average Bonchev–Trinajstić information content (AvgIpc) is 2.71. The van der Waals surface area contributed by atoms with E-state index >= 15 is 0 Å². The predicted octanol–water partition coefficient (Wildman–Crippen LogP) is 1.29. The number of carbonyl (C=O) groups excluding carboxylic acids is 2. The molecule has 20 heavy (non-hydrogen) atoms. The first-order valence-electron chi connectivity index (χ1n) is 6.44. The Morgan fingerprint density at radius 3 is 2.65 bits per heavy atom. The van der Waals surface area contributed by atoms with Crippen LogP contribution in [0.2, 0.25) is 0 Å². The highest BCUT2D eigenvalue weighted by Crippen LogP contribution is 2.56. The summed E-state index contributed by atoms with van der Waals surface area (Å²) in [6, 6.07) is -1.34. The van der Waals surface area contributed by atoms with Gasteiger partial charge in [0.05, 0.1) is 12.7 Å². The van der Waals surface area contributed by atoms with Crippen molar-refractivity contribution in [3.8, 4) is 0 Å². The van der Waals surface area contributed by atoms with Crippen LogP contribution in [0, 0.1) is 0 Å². The zero-order valence-corrected chi connectivity index (χ0v) is 13.8. The smallest absolute Gasteiger partial charge is 0.324 e. The van der Waals surface area contributed by atoms with Crippen LogP contribution in [-0.2, 0) is 23.6 Å². The molecule has 1 heterocycles. The largest absolute Gasteiger partial charge is 0.465 e. The van der Waals surface area contributed by atoms with Crippen LogP contribution in [0.3, 0.4) is 0 Å². The zero-order chi connectivity index (χ0) is 15.3. The molecule has 2 N–H and O–H groups in total. The fraction of sp³-hybridized carbons (Fsp3) is 0.818. The second-order valence-corrected chi connectivity index (χ2v) is 9.15. The first-order valence-corrected chi connectivity index (χ1v) is 9.74. The van der Waals surface area contributed by atoms with Gasteiger partial charge in [-0.2, -0.15) is 0 Å². The number of hydrogen-bond acceptors (Lipinski definition) is 6. The van der Waals surface area contributed by atoms with Crippen LogP contribution in [0.1, 0.15) is 27.7 Å². The second kappa shape index (κ2) is 7.45. The number of hydrogen-bond donors (Lipinski definition) is 2. The molecule has 116 valence electrons. The molecule has 0 radical (unpaired) electrons. The van der Waals surface area contributed by atoms with E-state index in [1.54, 1.807) is 27.7 Å². The van der Waals surface area contributed by atoms with Gasteiger partial charge < -0.3 is 9.47 Å². The third-order valence-electron chi connectivity index (χ3n) is 2.39. The molecular formula is C11H21N2O5PS. The molecule has 0 spiro atoms. The Bertz CT molecular complexity index is 418. The normalized spacial score (nSPS) is 27.4. The van der Waals surface area contributed by atoms with Gasteiger partial charge in [0.25, 0.3) is 6.65 Å². The van der Waals surface area contributed by atoms with Gasteiger partial charge in [-0.15, -0.1) is 0 Å². The lowest BCUT2D eigenvalue weighted by Crippen LogP contribution is -2.39. The molecule has 1 fully saturated rings. The topological polar surface area (TPSA) is 93.7 Å². The summed E-state index contributed by atoms with van der Waals surface area (Å²) in [6.07, 6.45) is -0.232. The molecule has 0 aromatic carbocycles. The molecule has 0 aromatic heterocycles. The fourth-order valence-corrected chi connectivity index (χ4v) is 6.07. The van der Waals surface area contributed by atoms with Crippen molar-refractivity contribution in [2.45, 2.75) is 45.9 Å². The first kappa shape index (κ1) is 17.5. The zero-order valence-electron chi connectivity index (χ0n) is 12.0. The van der Waals surface area contributed by atoms with E-state index in [2.05, 4.69) is 10.2 Å². The molecule has 9 heteroatoms. The van der Waals surface area contributed by atoms with Gasteiger partial charge in [0.15, 0.2) is 0 Å². The fourth-order valence-electron chi connectivity index (χ4n) is 1.54. The summed E-state index contributed by atoms with van der Waals surface area (Å²) in [5, 5.41) is 5.43. The van der Waals surface area contributed by atoms with Crippen molar-refractivity contribution in [1.29, 1.82) is 0 Å². The van der Waals surface area contributed by atoms with Gasteiger partial charge in [-0.05, 0) is 27.7 Å². The van der Waals surface area contributed by atoms with E-state index in [9.17, 15) is 14.2 Å². The minimum Gasteiger partial charge on any atom is -0.465 e. The van der Waals surface area contributed by atoms with Crippen LogP contribution < -0.4 is 10.2 Å². The van der Waals surface area contributed by atoms with Crippen molar-refractivity contribution in [2.75, 3.05) is 12.4 Å². The molecule has 1 aliphatic heterocycles. The Hall–Kier alpha value is -0.560. The lowest BCUT2D eigenvalue weighted by Gasteiger charge is -2.19. The molecule has 2 unspecified atom stereocenters. The van der Waals surface area contributed by atoms with Gasteiger partial charge in [-0.25, -0.2) is 10.2 Å². The predicted molar refractivity (Wildman–Crippen MR) is 77.4 cm³/mol. The minimum absolute atomic E-state index is 0.232. The summed E-state index contributed by atoms with van der Waals surface area (Å²) < 4.78 is 22.4. The van der Waals surface area contributed by atoms with Crippen molar-refractivity contribution in [3.05, 3.63) is 0 Å². The van der Waals surface area contributed by atoms with Gasteiger partial charge in [-0.3, -0.25) is 14.2 Å². The van der Waals surface area contributed by atoms with Gasteiger partial charge in [0.1, 0.15) is 12.1 Å². The quantitative estimate of drug-likeness (QED) is 0.558. The monoisotopic (exact) mass is 324 g/mol. The third-order valence-corrected chi connectivity index (χ3v) is 6.78. The van der Waals surface area contributed by atoms with E-state index in [-0.39, 0.29) is 12.7 Å². The average molecular weight is 324 g/mol. The third kappa shape index (κ3) is 5.09. The van der Waals surface area contributed by atoms with Gasteiger partial charge >= 0.3 is 11.9 Å². The summed E-state index contributed by atoms with van der Waals surface area (Å²) in [4.78, 5) is 23.2. The van der Waals surface area contributed by atoms with E-state index < -0.39 is 30.7 Å². The molecule has 0 saturated carbocycles. The summed E-state index contributed by atoms with van der Waals surface area (Å²) in [5.41, 5.74) is 0. The summed E-state index contributed by atoms with van der Waals surface area (Å²) in [6.45, 7) is 4.00. The Balaban J connectivity index is 2.54. The Labute approximate surface area is 122 Å². The molecule has 1 rings (SSSR count). The first-order chi connectivity index (χ1) is 9.27. The molecule has 1 saturated heterocycles. The van der Waals surface area contributed by atoms with E-state index in [1.807, 2.05) is 0 Å². The van der Waals surface area contributed by atoms with Crippen LogP contribution in [-0.4, -0.2) is 42.5 Å². The maximum atomic E-state index is 12.5. The van der Waals surface area contributed by atoms with E-state index in [0.717, 1.165) is 11.4 Å². The van der Waals surface area contributed by atoms with Gasteiger partial charge in [0, 0.05) is 5.75 Å². The highest BCUT2D eigenvalue weighted by Gasteiger charge is 2.40. The molecule has 0 aliphatic carbocycles. The standard InChI is InChI=1S/C11H21N2O5PS/c1-5-17-11(15)9-6-20-19(16,13-9)12-8(4)10(14)18-7(2)3/h7-9H,5-6H2,1-4H3,(H2,12,13,16)/t8-,9?,19?/m0/s1. The number of rotatable bonds is 6. The van der Waals surface area contributed by atoms with Crippen molar-refractivity contribution in [3.63, 3.8) is 0 Å². The van der Waals surface area contributed by atoms with Crippen LogP contribution in [0.15, 0.2) is 0 Å². The van der Waals surface area contributed by atoms with E-state index in [4.69, 9.17) is 9.47 Å². The summed E-state index contributed by atoms with van der Waals surface area (Å²) in [7, 11) is 0. The van der Waals surface area contributed by atoms with Gasteiger partial charge in [-0.1, -0.05) is 11.4 Å². The maximum absolute atomic E-state index is 12.5. The Kier molecular flexibility index (Phi) is 6.51. The number of esters is 2. The van der Waals surface area contributed by atoms with Crippen molar-refractivity contribution >= 4 is 30.0 Å². The highest BCUT2D eigenvalue weighted by molar-refractivity contribution is 8.57. The summed E-state index contributed by atoms with van der Waals surface area (Å²) >= 11 is 1.10. The summed E-state index contributed by atoms with van der Waals surface area (Å²) in [5.74, 6) is -0.566. The number of carbonyl (C=O) groups is 2. The lowest BCUT2D eigenvalue weighted by molar-refractivity contribution is -0.149. The highest BCUT2D eigenvalue weighted by atomic mass is 32.7. The van der Waals surface area contributed by atoms with Crippen molar-refractivity contribution in [1.82, 2.24) is 10.2 Å². The minimum atomic E-state index is -3.04. The maximum Gasteiger partial charge on any atom is 0.324 e. The van der Waals surface area contributed by atoms with E-state index in [0.29, 0.717) is 5.75 Å². The van der Waals surface area contributed by atoms with Crippen molar-refractivity contribution < 1.29 is 23.6 Å². The van der Waals surface area contributed by atoms with Crippen LogP contribution >= 0.6 is 18.0 Å². The number of ether oxygens (including phenoxy) is 2. The van der Waals surface area contributed by atoms with Crippen LogP contribution in [0.25, 0.3) is 0 Å². The molecule has 3 atom stereocenters. The Morgan fingerprint density at radius 2 is 2.10 bits per heavy atom. The molecule has 7 nitrogen and oxygen atoms in total. The number of nitrogens with one attached hydrogen (secondary N) is 2. The second-order valence-electron chi connectivity index (χ2n) is 4.62. The van der Waals surface area contributed by atoms with E-state index in [1.165, 1.54) is 0 Å². The molecule has 0 amide bonds. The Morgan fingerprint density at radius 1 is 1.45 bits per heavy atom. The van der Waals surface area contributed by atoms with Crippen LogP contribution in [0.4, 0.5) is 0 Å². The molecule has 1 aliphatic rings.